The molecule has 0 radical (unpaired) electrons. The van der Waals surface area contributed by atoms with Gasteiger partial charge < -0.3 is 65.1 Å². The molecule has 1 amide bonds. The van der Waals surface area contributed by atoms with Gasteiger partial charge in [-0.15, -0.1) is 0 Å². The SMILES string of the molecule is CCCCCCCC/C=C/C(O)C(COC1OC(CO)C(OC2OC(CO)C(O)C(O)C2O)C(O)C1O)NC(=O)CCCCCCCCCCCCCCCCCCC. The fraction of sp³-hybridized carbons (Fsp3) is 0.933. The Kier molecular flexibility index (Phi) is 30.4. The van der Waals surface area contributed by atoms with E-state index in [1.807, 2.05) is 6.08 Å². The van der Waals surface area contributed by atoms with Crippen LogP contribution in [0, 0.1) is 0 Å². The minimum Gasteiger partial charge on any atom is -0.394 e. The van der Waals surface area contributed by atoms with Crippen molar-refractivity contribution >= 4 is 5.91 Å². The Morgan fingerprint density at radius 2 is 1.05 bits per heavy atom. The third-order valence-corrected chi connectivity index (χ3v) is 11.7. The molecule has 14 heteroatoms. The molecule has 2 aliphatic heterocycles. The molecule has 2 rings (SSSR count). The molecule has 0 aromatic rings. The number of rotatable bonds is 35. The molecule has 0 bridgehead atoms. The number of unbranched alkanes of at least 4 members (excludes halogenated alkanes) is 22. The van der Waals surface area contributed by atoms with Crippen LogP contribution >= 0.6 is 0 Å². The highest BCUT2D eigenvalue weighted by Crippen LogP contribution is 2.30. The van der Waals surface area contributed by atoms with Crippen LogP contribution in [0.1, 0.15) is 174 Å². The van der Waals surface area contributed by atoms with Gasteiger partial charge in [0.1, 0.15) is 48.8 Å². The van der Waals surface area contributed by atoms with E-state index in [0.717, 1.165) is 44.9 Å². The van der Waals surface area contributed by atoms with E-state index < -0.39 is 86.8 Å². The van der Waals surface area contributed by atoms with Gasteiger partial charge in [0.15, 0.2) is 12.6 Å². The lowest BCUT2D eigenvalue weighted by atomic mass is 9.97. The molecule has 9 N–H and O–H groups in total. The van der Waals surface area contributed by atoms with Gasteiger partial charge in [-0.2, -0.15) is 0 Å². The summed E-state index contributed by atoms with van der Waals surface area (Å²) < 4.78 is 22.6. The predicted octanol–water partition coefficient (Wildman–Crippen LogP) is 4.82. The number of nitrogens with one attached hydrogen (secondary N) is 1. The van der Waals surface area contributed by atoms with Crippen LogP contribution in [0.5, 0.6) is 0 Å². The number of ether oxygens (including phenoxy) is 4. The van der Waals surface area contributed by atoms with Crippen molar-refractivity contribution in [2.45, 2.75) is 248 Å². The maximum absolute atomic E-state index is 13.1. The van der Waals surface area contributed by atoms with Gasteiger partial charge in [0.05, 0.1) is 32.0 Å². The molecule has 12 unspecified atom stereocenters. The van der Waals surface area contributed by atoms with Crippen LogP contribution in [0.2, 0.25) is 0 Å². The number of aliphatic hydroxyl groups excluding tert-OH is 8. The van der Waals surface area contributed by atoms with Crippen molar-refractivity contribution in [3.8, 4) is 0 Å². The predicted molar refractivity (Wildman–Crippen MR) is 226 cm³/mol. The number of hydrogen-bond acceptors (Lipinski definition) is 13. The van der Waals surface area contributed by atoms with Crippen LogP contribution in [0.25, 0.3) is 0 Å². The van der Waals surface area contributed by atoms with Crippen LogP contribution in [0.3, 0.4) is 0 Å². The van der Waals surface area contributed by atoms with Crippen molar-refractivity contribution in [3.63, 3.8) is 0 Å². The van der Waals surface area contributed by atoms with Crippen LogP contribution in [0.4, 0.5) is 0 Å². The van der Waals surface area contributed by atoms with Crippen molar-refractivity contribution in [2.75, 3.05) is 19.8 Å². The van der Waals surface area contributed by atoms with Gasteiger partial charge in [-0.05, 0) is 19.3 Å². The van der Waals surface area contributed by atoms with Crippen LogP contribution < -0.4 is 5.32 Å². The third kappa shape index (κ3) is 21.6. The van der Waals surface area contributed by atoms with E-state index in [4.69, 9.17) is 18.9 Å². The Hall–Kier alpha value is -1.27. The summed E-state index contributed by atoms with van der Waals surface area (Å²) in [6, 6.07) is -0.905. The monoisotopic (exact) mass is 848 g/mol. The van der Waals surface area contributed by atoms with E-state index in [9.17, 15) is 45.6 Å². The zero-order valence-corrected chi connectivity index (χ0v) is 36.5. The zero-order chi connectivity index (χ0) is 43.3. The number of amides is 1. The molecule has 59 heavy (non-hydrogen) atoms. The molecule has 0 saturated carbocycles. The Morgan fingerprint density at radius 1 is 0.593 bits per heavy atom. The number of carbonyl (C=O) groups is 1. The first kappa shape index (κ1) is 53.9. The van der Waals surface area contributed by atoms with E-state index in [2.05, 4.69) is 19.2 Å². The Morgan fingerprint density at radius 3 is 1.56 bits per heavy atom. The van der Waals surface area contributed by atoms with Gasteiger partial charge >= 0.3 is 0 Å². The number of allylic oxidation sites excluding steroid dienone is 1. The molecule has 14 nitrogen and oxygen atoms in total. The molecule has 0 aliphatic carbocycles. The number of aliphatic hydroxyl groups is 8. The summed E-state index contributed by atoms with van der Waals surface area (Å²) >= 11 is 0. The molecule has 0 aromatic carbocycles. The molecular weight excluding hydrogens is 762 g/mol. The van der Waals surface area contributed by atoms with Crippen molar-refractivity contribution in [3.05, 3.63) is 12.2 Å². The highest BCUT2D eigenvalue weighted by molar-refractivity contribution is 5.76. The second-order valence-corrected chi connectivity index (χ2v) is 16.9. The van der Waals surface area contributed by atoms with E-state index >= 15 is 0 Å². The Balaban J connectivity index is 1.83. The molecule has 0 aromatic heterocycles. The van der Waals surface area contributed by atoms with Gasteiger partial charge in [0.25, 0.3) is 0 Å². The minimum atomic E-state index is -1.78. The molecule has 2 fully saturated rings. The first-order chi connectivity index (χ1) is 28.6. The maximum atomic E-state index is 13.1. The minimum absolute atomic E-state index is 0.241. The summed E-state index contributed by atoms with van der Waals surface area (Å²) in [4.78, 5) is 13.1. The van der Waals surface area contributed by atoms with Crippen molar-refractivity contribution in [2.24, 2.45) is 0 Å². The van der Waals surface area contributed by atoms with Gasteiger partial charge in [0, 0.05) is 6.42 Å². The summed E-state index contributed by atoms with van der Waals surface area (Å²) in [7, 11) is 0. The van der Waals surface area contributed by atoms with Crippen LogP contribution in [0.15, 0.2) is 12.2 Å². The topological polar surface area (TPSA) is 228 Å². The first-order valence-corrected chi connectivity index (χ1v) is 23.4. The highest BCUT2D eigenvalue weighted by Gasteiger charge is 2.50. The summed E-state index contributed by atoms with van der Waals surface area (Å²) in [5.41, 5.74) is 0. The van der Waals surface area contributed by atoms with Gasteiger partial charge in [0.2, 0.25) is 5.91 Å². The fourth-order valence-electron chi connectivity index (χ4n) is 7.82. The molecule has 2 saturated heterocycles. The molecule has 2 heterocycles. The quantitative estimate of drug-likeness (QED) is 0.0308. The molecular formula is C45H85NO13. The highest BCUT2D eigenvalue weighted by atomic mass is 16.7. The largest absolute Gasteiger partial charge is 0.394 e. The second-order valence-electron chi connectivity index (χ2n) is 16.9. The van der Waals surface area contributed by atoms with Crippen molar-refractivity contribution < 1.29 is 64.6 Å². The van der Waals surface area contributed by atoms with E-state index in [1.165, 1.54) is 103 Å². The summed E-state index contributed by atoms with van der Waals surface area (Å²) in [5.74, 6) is -0.241. The normalized spacial score (nSPS) is 28.6. The smallest absolute Gasteiger partial charge is 0.220 e. The van der Waals surface area contributed by atoms with Crippen LogP contribution in [-0.4, -0.2) is 140 Å². The van der Waals surface area contributed by atoms with E-state index in [1.54, 1.807) is 6.08 Å². The third-order valence-electron chi connectivity index (χ3n) is 11.7. The first-order valence-electron chi connectivity index (χ1n) is 23.4. The van der Waals surface area contributed by atoms with Crippen molar-refractivity contribution in [1.29, 1.82) is 0 Å². The maximum Gasteiger partial charge on any atom is 0.220 e. The molecule has 2 aliphatic rings. The summed E-state index contributed by atoms with van der Waals surface area (Å²) in [6.07, 6.45) is 15.6. The Bertz CT molecular complexity index is 1050. The second kappa shape index (κ2) is 33.3. The van der Waals surface area contributed by atoms with E-state index in [-0.39, 0.29) is 18.9 Å². The number of carbonyl (C=O) groups excluding carboxylic acids is 1. The number of hydrogen-bond donors (Lipinski definition) is 9. The summed E-state index contributed by atoms with van der Waals surface area (Å²) in [6.45, 7) is 2.73. The summed E-state index contributed by atoms with van der Waals surface area (Å²) in [5, 5.41) is 86.3. The standard InChI is InChI=1S/C45H85NO13/c1-3-5-7-9-11-13-14-15-16-17-18-19-20-21-23-25-27-29-37(50)46-33(34(49)28-26-24-22-12-10-8-6-4-2)32-56-44-42(55)40(53)43(36(31-48)58-44)59-45-41(54)39(52)38(51)35(30-47)57-45/h26,28,33-36,38-45,47-49,51-55H,3-25,27,29-32H2,1-2H3,(H,46,50)/b28-26+. The van der Waals surface area contributed by atoms with E-state index in [0.29, 0.717) is 6.42 Å². The molecule has 0 spiro atoms. The average molecular weight is 848 g/mol. The van der Waals surface area contributed by atoms with Gasteiger partial charge in [-0.1, -0.05) is 161 Å². The van der Waals surface area contributed by atoms with Gasteiger partial charge in [-0.25, -0.2) is 0 Å². The Labute approximate surface area is 355 Å². The average Bonchev–Trinajstić information content (AvgIpc) is 3.23. The molecule has 12 atom stereocenters. The lowest BCUT2D eigenvalue weighted by Crippen LogP contribution is -2.65. The lowest BCUT2D eigenvalue weighted by molar-refractivity contribution is -0.359. The van der Waals surface area contributed by atoms with Crippen LogP contribution in [-0.2, 0) is 23.7 Å². The fourth-order valence-corrected chi connectivity index (χ4v) is 7.82. The van der Waals surface area contributed by atoms with Gasteiger partial charge in [-0.3, -0.25) is 4.79 Å². The molecule has 348 valence electrons. The zero-order valence-electron chi connectivity index (χ0n) is 36.5. The van der Waals surface area contributed by atoms with Crippen molar-refractivity contribution in [1.82, 2.24) is 5.32 Å². The lowest BCUT2D eigenvalue weighted by Gasteiger charge is -2.46.